The monoisotopic (exact) mass is 794 g/mol. The van der Waals surface area contributed by atoms with Crippen LogP contribution < -0.4 is 10.2 Å². The molecule has 1 N–H and O–H groups in total. The molecule has 3 aromatic rings. The van der Waals surface area contributed by atoms with E-state index in [1.807, 2.05) is 12.1 Å². The SMILES string of the molecule is CNc1cc(S(=O)(=O)N(C(=O)c2ccc(N3CCN(CC4=C(c5ccc(Cl)cc5)CCC(C)(C)C4)CC3)cc2)C(C)(C)C)ccc1S(=O)(=O)C(F)(F)F. The van der Waals surface area contributed by atoms with Crippen molar-refractivity contribution in [2.24, 2.45) is 5.41 Å². The van der Waals surface area contributed by atoms with E-state index in [0.717, 1.165) is 74.8 Å². The number of nitrogens with one attached hydrogen (secondary N) is 1. The van der Waals surface area contributed by atoms with Crippen LogP contribution in [0.15, 0.2) is 82.1 Å². The van der Waals surface area contributed by atoms with Crippen molar-refractivity contribution >= 4 is 54.3 Å². The normalized spacial score (nSPS) is 17.5. The molecule has 53 heavy (non-hydrogen) atoms. The van der Waals surface area contributed by atoms with Crippen molar-refractivity contribution in [1.82, 2.24) is 9.21 Å². The number of nitrogens with zero attached hydrogens (tertiary/aromatic N) is 3. The van der Waals surface area contributed by atoms with Crippen LogP contribution in [0, 0.1) is 5.41 Å². The van der Waals surface area contributed by atoms with Gasteiger partial charge in [0.15, 0.2) is 0 Å². The van der Waals surface area contributed by atoms with Gasteiger partial charge < -0.3 is 10.2 Å². The number of rotatable bonds is 9. The lowest BCUT2D eigenvalue weighted by atomic mass is 9.73. The minimum absolute atomic E-state index is 0.0950. The van der Waals surface area contributed by atoms with E-state index in [4.69, 9.17) is 11.6 Å². The highest BCUT2D eigenvalue weighted by atomic mass is 35.5. The molecule has 1 saturated heterocycles. The lowest BCUT2D eigenvalue weighted by Crippen LogP contribution is -2.49. The molecule has 1 heterocycles. The maximum Gasteiger partial charge on any atom is 0.501 e. The highest BCUT2D eigenvalue weighted by Gasteiger charge is 2.48. The van der Waals surface area contributed by atoms with Crippen molar-refractivity contribution in [1.29, 1.82) is 0 Å². The second kappa shape index (κ2) is 14.9. The summed E-state index contributed by atoms with van der Waals surface area (Å²) in [5.41, 5.74) is -2.17. The van der Waals surface area contributed by atoms with Crippen LogP contribution >= 0.6 is 11.6 Å². The summed E-state index contributed by atoms with van der Waals surface area (Å²) in [6.45, 7) is 13.3. The number of alkyl halides is 3. The molecule has 0 saturated carbocycles. The van der Waals surface area contributed by atoms with E-state index >= 15 is 0 Å². The van der Waals surface area contributed by atoms with Crippen LogP contribution in [0.4, 0.5) is 24.5 Å². The second-order valence-corrected chi connectivity index (χ2v) is 19.5. The molecule has 1 aliphatic carbocycles. The Bertz CT molecular complexity index is 2090. The number of carbonyl (C=O) groups excluding carboxylic acids is 1. The average molecular weight is 795 g/mol. The van der Waals surface area contributed by atoms with Gasteiger partial charge in [-0.25, -0.2) is 21.1 Å². The highest BCUT2D eigenvalue weighted by Crippen LogP contribution is 2.43. The summed E-state index contributed by atoms with van der Waals surface area (Å²) >= 11 is 6.17. The zero-order chi connectivity index (χ0) is 39.1. The number of piperazine rings is 1. The molecule has 0 bridgehead atoms. The van der Waals surface area contributed by atoms with Crippen LogP contribution in [0.2, 0.25) is 5.02 Å². The molecule has 2 aliphatic rings. The predicted octanol–water partition coefficient (Wildman–Crippen LogP) is 8.09. The van der Waals surface area contributed by atoms with Crippen LogP contribution in [-0.2, 0) is 19.9 Å². The fourth-order valence-electron chi connectivity index (χ4n) is 7.03. The van der Waals surface area contributed by atoms with E-state index < -0.39 is 52.3 Å². The van der Waals surface area contributed by atoms with Crippen LogP contribution in [-0.4, -0.2) is 82.8 Å². The summed E-state index contributed by atoms with van der Waals surface area (Å²) in [6, 6.07) is 16.9. The summed E-state index contributed by atoms with van der Waals surface area (Å²) in [5, 5.41) is 3.06. The zero-order valence-corrected chi connectivity index (χ0v) is 33.1. The van der Waals surface area contributed by atoms with E-state index in [1.165, 1.54) is 44.5 Å². The molecule has 0 radical (unpaired) electrons. The number of amides is 1. The van der Waals surface area contributed by atoms with Crippen LogP contribution in [0.25, 0.3) is 5.57 Å². The minimum atomic E-state index is -5.78. The molecule has 1 fully saturated rings. The summed E-state index contributed by atoms with van der Waals surface area (Å²) < 4.78 is 92.7. The Kier molecular flexibility index (Phi) is 11.4. The van der Waals surface area contributed by atoms with Crippen molar-refractivity contribution in [3.63, 3.8) is 0 Å². The lowest BCUT2D eigenvalue weighted by Gasteiger charge is -2.39. The molecule has 0 aromatic heterocycles. The third kappa shape index (κ3) is 8.71. The first-order valence-corrected chi connectivity index (χ1v) is 20.6. The molecule has 9 nitrogen and oxygen atoms in total. The van der Waals surface area contributed by atoms with Gasteiger partial charge in [-0.1, -0.05) is 43.2 Å². The summed E-state index contributed by atoms with van der Waals surface area (Å²) in [6.07, 6.45) is 3.19. The van der Waals surface area contributed by atoms with Crippen LogP contribution in [0.3, 0.4) is 0 Å². The number of halogens is 4. The smallest absolute Gasteiger partial charge is 0.387 e. The van der Waals surface area contributed by atoms with Gasteiger partial charge in [0.05, 0.1) is 21.0 Å². The van der Waals surface area contributed by atoms with Gasteiger partial charge in [-0.3, -0.25) is 9.69 Å². The third-order valence-electron chi connectivity index (χ3n) is 9.78. The van der Waals surface area contributed by atoms with E-state index in [2.05, 4.69) is 41.1 Å². The van der Waals surface area contributed by atoms with Gasteiger partial charge >= 0.3 is 5.51 Å². The predicted molar refractivity (Wildman–Crippen MR) is 203 cm³/mol. The maximum atomic E-state index is 13.9. The van der Waals surface area contributed by atoms with E-state index in [0.29, 0.717) is 10.4 Å². The number of anilines is 2. The van der Waals surface area contributed by atoms with Crippen molar-refractivity contribution < 1.29 is 34.8 Å². The third-order valence-corrected chi connectivity index (χ3v) is 13.6. The summed E-state index contributed by atoms with van der Waals surface area (Å²) in [7, 11) is -9.29. The van der Waals surface area contributed by atoms with Gasteiger partial charge in [-0.05, 0) is 111 Å². The van der Waals surface area contributed by atoms with Crippen molar-refractivity contribution in [2.45, 2.75) is 74.7 Å². The van der Waals surface area contributed by atoms with Crippen molar-refractivity contribution in [2.75, 3.05) is 50.0 Å². The van der Waals surface area contributed by atoms with Gasteiger partial charge in [0.2, 0.25) is 0 Å². The van der Waals surface area contributed by atoms with Crippen LogP contribution in [0.5, 0.6) is 0 Å². The van der Waals surface area contributed by atoms with Gasteiger partial charge in [-0.15, -0.1) is 0 Å². The number of carbonyl (C=O) groups is 1. The van der Waals surface area contributed by atoms with Gasteiger partial charge in [0, 0.05) is 56.0 Å². The summed E-state index contributed by atoms with van der Waals surface area (Å²) in [4.78, 5) is 16.9. The molecule has 288 valence electrons. The second-order valence-electron chi connectivity index (χ2n) is 15.3. The Morgan fingerprint density at radius 1 is 0.906 bits per heavy atom. The standard InChI is InChI=1S/C38H46ClF3N4O5S2/c1-36(2,3)46(53(50,51)31-15-16-34(33(23-31)43-6)52(48,49)38(40,41)42)35(47)27-9-13-30(14-10-27)45-21-19-44(20-22-45)25-28-24-37(4,5)18-17-32(28)26-7-11-29(39)12-8-26/h7-16,23,43H,17-22,24-25H2,1-6H3. The van der Waals surface area contributed by atoms with Gasteiger partial charge in [0.25, 0.3) is 25.8 Å². The molecule has 0 atom stereocenters. The Labute approximate surface area is 315 Å². The lowest BCUT2D eigenvalue weighted by molar-refractivity contribution is -0.0435. The Morgan fingerprint density at radius 2 is 1.51 bits per heavy atom. The fraction of sp³-hybridized carbons (Fsp3) is 0.447. The Hall–Kier alpha value is -3.59. The Balaban J connectivity index is 1.31. The average Bonchev–Trinajstić information content (AvgIpc) is 3.07. The molecule has 0 unspecified atom stereocenters. The van der Waals surface area contributed by atoms with E-state index in [-0.39, 0.29) is 11.0 Å². The topological polar surface area (TPSA) is 107 Å². The maximum absolute atomic E-state index is 13.9. The Morgan fingerprint density at radius 3 is 2.06 bits per heavy atom. The molecular formula is C38H46ClF3N4O5S2. The van der Waals surface area contributed by atoms with Crippen molar-refractivity contribution in [3.8, 4) is 0 Å². The first kappa shape index (κ1) is 40.6. The number of hydrogen-bond acceptors (Lipinski definition) is 8. The quantitative estimate of drug-likeness (QED) is 0.232. The zero-order valence-electron chi connectivity index (χ0n) is 30.7. The largest absolute Gasteiger partial charge is 0.501 e. The number of sulfonamides is 1. The fourth-order valence-corrected chi connectivity index (χ4v) is 9.87. The van der Waals surface area contributed by atoms with Crippen LogP contribution in [0.1, 0.15) is 69.8 Å². The minimum Gasteiger partial charge on any atom is -0.387 e. The van der Waals surface area contributed by atoms with E-state index in [9.17, 15) is 34.8 Å². The first-order chi connectivity index (χ1) is 24.5. The molecule has 0 spiro atoms. The number of hydrogen-bond donors (Lipinski definition) is 1. The molecule has 5 rings (SSSR count). The molecular weight excluding hydrogens is 749 g/mol. The van der Waals surface area contributed by atoms with Gasteiger partial charge in [-0.2, -0.15) is 13.2 Å². The summed E-state index contributed by atoms with van der Waals surface area (Å²) in [5.74, 6) is -0.841. The number of benzene rings is 3. The molecule has 15 heteroatoms. The number of sulfone groups is 1. The first-order valence-electron chi connectivity index (χ1n) is 17.3. The number of allylic oxidation sites excluding steroid dienone is 1. The molecule has 1 aliphatic heterocycles. The molecule has 1 amide bonds. The van der Waals surface area contributed by atoms with Gasteiger partial charge in [0.1, 0.15) is 0 Å². The van der Waals surface area contributed by atoms with E-state index in [1.54, 1.807) is 24.3 Å². The molecule has 3 aromatic carbocycles. The van der Waals surface area contributed by atoms with Crippen molar-refractivity contribution in [3.05, 3.63) is 88.5 Å². The highest BCUT2D eigenvalue weighted by molar-refractivity contribution is 7.92.